The zero-order valence-corrected chi connectivity index (χ0v) is 16.4. The molecule has 0 fully saturated rings. The summed E-state index contributed by atoms with van der Waals surface area (Å²) in [4.78, 5) is 12.8. The van der Waals surface area contributed by atoms with Crippen molar-refractivity contribution in [2.75, 3.05) is 12.1 Å². The fourth-order valence-corrected chi connectivity index (χ4v) is 2.86. The van der Waals surface area contributed by atoms with Gasteiger partial charge in [0, 0.05) is 5.02 Å². The Morgan fingerprint density at radius 3 is 2.44 bits per heavy atom. The maximum atomic E-state index is 12.8. The monoisotopic (exact) mass is 384 g/mol. The van der Waals surface area contributed by atoms with Crippen LogP contribution in [0.3, 0.4) is 0 Å². The van der Waals surface area contributed by atoms with Crippen LogP contribution in [0.1, 0.15) is 26.3 Å². The number of benzene rings is 2. The zero-order valence-electron chi connectivity index (χ0n) is 15.7. The molecule has 3 rings (SSSR count). The van der Waals surface area contributed by atoms with Crippen LogP contribution in [-0.2, 0) is 4.79 Å². The second kappa shape index (κ2) is 7.84. The molecule has 0 saturated heterocycles. The maximum Gasteiger partial charge on any atom is 0.280 e. The van der Waals surface area contributed by atoms with Crippen molar-refractivity contribution in [1.82, 2.24) is 0 Å². The van der Waals surface area contributed by atoms with E-state index in [4.69, 9.17) is 21.1 Å². The topological polar surface area (TPSA) is 51.1 Å². The number of carbonyl (C=O) groups excluding carboxylic acids is 1. The van der Waals surface area contributed by atoms with Crippen LogP contribution in [0.5, 0.6) is 11.5 Å². The van der Waals surface area contributed by atoms with Gasteiger partial charge in [-0.2, -0.15) is 10.1 Å². The molecule has 0 aromatic heterocycles. The molecule has 2 aromatic rings. The lowest BCUT2D eigenvalue weighted by molar-refractivity contribution is -0.114. The summed E-state index contributed by atoms with van der Waals surface area (Å²) >= 11 is 5.92. The Morgan fingerprint density at radius 1 is 1.11 bits per heavy atom. The van der Waals surface area contributed by atoms with E-state index in [-0.39, 0.29) is 12.0 Å². The first-order valence-corrected chi connectivity index (χ1v) is 8.99. The van der Waals surface area contributed by atoms with Crippen LogP contribution in [0.25, 0.3) is 6.08 Å². The van der Waals surface area contributed by atoms with E-state index in [1.54, 1.807) is 37.5 Å². The summed E-state index contributed by atoms with van der Waals surface area (Å²) in [5.41, 5.74) is 2.69. The average Bonchev–Trinajstić information content (AvgIpc) is 2.91. The molecular formula is C21H21ClN2O3. The van der Waals surface area contributed by atoms with Gasteiger partial charge in [-0.1, -0.05) is 17.7 Å². The number of carbonyl (C=O) groups is 1. The minimum atomic E-state index is -0.184. The molecule has 0 saturated carbocycles. The van der Waals surface area contributed by atoms with Gasteiger partial charge in [-0.3, -0.25) is 4.79 Å². The predicted molar refractivity (Wildman–Crippen MR) is 109 cm³/mol. The summed E-state index contributed by atoms with van der Waals surface area (Å²) in [6.45, 7) is 5.72. The summed E-state index contributed by atoms with van der Waals surface area (Å²) in [7, 11) is 1.59. The van der Waals surface area contributed by atoms with E-state index in [0.717, 1.165) is 5.56 Å². The Morgan fingerprint density at radius 2 is 1.81 bits per heavy atom. The molecule has 0 spiro atoms. The molecule has 0 radical (unpaired) electrons. The van der Waals surface area contributed by atoms with Crippen molar-refractivity contribution in [2.24, 2.45) is 5.10 Å². The molecule has 1 heterocycles. The van der Waals surface area contributed by atoms with Crippen LogP contribution in [0.2, 0.25) is 5.02 Å². The van der Waals surface area contributed by atoms with Gasteiger partial charge in [-0.15, -0.1) is 0 Å². The summed E-state index contributed by atoms with van der Waals surface area (Å²) < 4.78 is 11.1. The molecule has 6 heteroatoms. The number of anilines is 1. The summed E-state index contributed by atoms with van der Waals surface area (Å²) in [5.74, 6) is 1.10. The van der Waals surface area contributed by atoms with Gasteiger partial charge in [0.15, 0.2) is 11.5 Å². The van der Waals surface area contributed by atoms with E-state index in [0.29, 0.717) is 33.5 Å². The molecule has 0 bridgehead atoms. The fraction of sp³-hybridized carbons (Fsp3) is 0.238. The van der Waals surface area contributed by atoms with Gasteiger partial charge in [0.2, 0.25) is 0 Å². The first-order chi connectivity index (χ1) is 12.9. The second-order valence-electron chi connectivity index (χ2n) is 6.41. The molecule has 0 atom stereocenters. The molecule has 1 aliphatic heterocycles. The highest BCUT2D eigenvalue weighted by Crippen LogP contribution is 2.31. The largest absolute Gasteiger partial charge is 0.493 e. The molecule has 2 aromatic carbocycles. The minimum absolute atomic E-state index is 0.0434. The first kappa shape index (κ1) is 19.0. The average molecular weight is 385 g/mol. The van der Waals surface area contributed by atoms with Crippen LogP contribution in [0.15, 0.2) is 53.1 Å². The van der Waals surface area contributed by atoms with E-state index < -0.39 is 0 Å². The van der Waals surface area contributed by atoms with Crippen molar-refractivity contribution in [1.29, 1.82) is 0 Å². The summed E-state index contributed by atoms with van der Waals surface area (Å²) in [6.07, 6.45) is 1.85. The molecule has 1 aliphatic rings. The molecule has 27 heavy (non-hydrogen) atoms. The van der Waals surface area contributed by atoms with Gasteiger partial charge >= 0.3 is 0 Å². The number of nitrogens with zero attached hydrogens (tertiary/aromatic N) is 2. The Hall–Kier alpha value is -2.79. The number of hydrogen-bond acceptors (Lipinski definition) is 4. The van der Waals surface area contributed by atoms with Crippen molar-refractivity contribution in [3.05, 3.63) is 58.6 Å². The van der Waals surface area contributed by atoms with Crippen molar-refractivity contribution in [3.8, 4) is 11.5 Å². The number of amides is 1. The molecular weight excluding hydrogens is 364 g/mol. The Labute approximate surface area is 163 Å². The minimum Gasteiger partial charge on any atom is -0.493 e. The first-order valence-electron chi connectivity index (χ1n) is 8.61. The van der Waals surface area contributed by atoms with Gasteiger partial charge in [-0.25, -0.2) is 0 Å². The highest BCUT2D eigenvalue weighted by Gasteiger charge is 2.28. The van der Waals surface area contributed by atoms with Gasteiger partial charge in [-0.05, 0) is 68.8 Å². The Balaban J connectivity index is 1.90. The van der Waals surface area contributed by atoms with Crippen LogP contribution in [-0.4, -0.2) is 24.8 Å². The number of ether oxygens (including phenoxy) is 2. The number of halogens is 1. The number of methoxy groups -OCH3 is 1. The van der Waals surface area contributed by atoms with E-state index in [2.05, 4.69) is 5.10 Å². The van der Waals surface area contributed by atoms with Crippen molar-refractivity contribution in [2.45, 2.75) is 26.9 Å². The van der Waals surface area contributed by atoms with E-state index >= 15 is 0 Å². The molecule has 1 amide bonds. The Kier molecular flexibility index (Phi) is 5.51. The van der Waals surface area contributed by atoms with Crippen LogP contribution in [0, 0.1) is 0 Å². The smallest absolute Gasteiger partial charge is 0.280 e. The number of rotatable bonds is 5. The van der Waals surface area contributed by atoms with E-state index in [1.807, 2.05) is 39.0 Å². The molecule has 5 nitrogen and oxygen atoms in total. The van der Waals surface area contributed by atoms with Gasteiger partial charge in [0.1, 0.15) is 0 Å². The van der Waals surface area contributed by atoms with Crippen molar-refractivity contribution < 1.29 is 14.3 Å². The fourth-order valence-electron chi connectivity index (χ4n) is 2.73. The standard InChI is InChI=1S/C21H21ClN2O3/c1-13(2)27-19-10-5-15(12-20(19)26-4)11-18-14(3)23-24(21(18)25)17-8-6-16(22)7-9-17/h5-13H,1-4H3/b18-11-. The highest BCUT2D eigenvalue weighted by molar-refractivity contribution is 6.32. The predicted octanol–water partition coefficient (Wildman–Crippen LogP) is 4.94. The van der Waals surface area contributed by atoms with Gasteiger partial charge in [0.25, 0.3) is 5.91 Å². The number of hydrazone groups is 1. The third-order valence-electron chi connectivity index (χ3n) is 4.00. The molecule has 0 N–H and O–H groups in total. The molecule has 140 valence electrons. The SMILES string of the molecule is COc1cc(/C=C2\C(=O)N(c3ccc(Cl)cc3)N=C2C)ccc1OC(C)C. The van der Waals surface area contributed by atoms with Gasteiger partial charge in [0.05, 0.1) is 30.2 Å². The van der Waals surface area contributed by atoms with E-state index in [1.165, 1.54) is 5.01 Å². The lowest BCUT2D eigenvalue weighted by Gasteiger charge is -2.14. The Bertz CT molecular complexity index is 918. The zero-order chi connectivity index (χ0) is 19.6. The third kappa shape index (κ3) is 4.14. The van der Waals surface area contributed by atoms with Crippen LogP contribution < -0.4 is 14.5 Å². The van der Waals surface area contributed by atoms with E-state index in [9.17, 15) is 4.79 Å². The lowest BCUT2D eigenvalue weighted by atomic mass is 10.1. The summed E-state index contributed by atoms with van der Waals surface area (Å²) in [5, 5.41) is 6.37. The number of hydrogen-bond donors (Lipinski definition) is 0. The van der Waals surface area contributed by atoms with Crippen molar-refractivity contribution >= 4 is 35.0 Å². The maximum absolute atomic E-state index is 12.8. The second-order valence-corrected chi connectivity index (χ2v) is 6.85. The van der Waals surface area contributed by atoms with Crippen LogP contribution in [0.4, 0.5) is 5.69 Å². The quantitative estimate of drug-likeness (QED) is 0.686. The van der Waals surface area contributed by atoms with Crippen molar-refractivity contribution in [3.63, 3.8) is 0 Å². The molecule has 0 unspecified atom stereocenters. The third-order valence-corrected chi connectivity index (χ3v) is 4.25. The highest BCUT2D eigenvalue weighted by atomic mass is 35.5. The normalized spacial score (nSPS) is 15.5. The lowest BCUT2D eigenvalue weighted by Crippen LogP contribution is -2.21. The molecule has 0 aliphatic carbocycles. The van der Waals surface area contributed by atoms with Crippen LogP contribution >= 0.6 is 11.6 Å². The van der Waals surface area contributed by atoms with Gasteiger partial charge < -0.3 is 9.47 Å². The summed E-state index contributed by atoms with van der Waals surface area (Å²) in [6, 6.07) is 12.6.